The topological polar surface area (TPSA) is 65.0 Å². The highest BCUT2D eigenvalue weighted by atomic mass is 16.5. The molecule has 27 heavy (non-hydrogen) atoms. The minimum Gasteiger partial charge on any atom is -0.494 e. The number of hydrogen-bond donors (Lipinski definition) is 2. The third-order valence-corrected chi connectivity index (χ3v) is 5.88. The van der Waals surface area contributed by atoms with Gasteiger partial charge in [-0.25, -0.2) is 0 Å². The second-order valence-corrected chi connectivity index (χ2v) is 8.36. The molecule has 0 aromatic heterocycles. The summed E-state index contributed by atoms with van der Waals surface area (Å²) in [7, 11) is 4.12. The molecular formula is C21H33N3O3. The summed E-state index contributed by atoms with van der Waals surface area (Å²) in [4.78, 5) is 16.1. The van der Waals surface area contributed by atoms with Crippen molar-refractivity contribution in [1.29, 1.82) is 0 Å². The second-order valence-electron chi connectivity index (χ2n) is 8.36. The third-order valence-electron chi connectivity index (χ3n) is 5.88. The van der Waals surface area contributed by atoms with E-state index < -0.39 is 5.97 Å². The monoisotopic (exact) mass is 375 g/mol. The first-order valence-corrected chi connectivity index (χ1v) is 10.0. The van der Waals surface area contributed by atoms with E-state index in [0.29, 0.717) is 13.2 Å². The van der Waals surface area contributed by atoms with Crippen LogP contribution >= 0.6 is 0 Å². The van der Waals surface area contributed by atoms with Gasteiger partial charge in [0.05, 0.1) is 6.61 Å². The van der Waals surface area contributed by atoms with Crippen LogP contribution in [0, 0.1) is 5.41 Å². The number of nitrogens with zero attached hydrogens (tertiary/aromatic N) is 2. The Morgan fingerprint density at radius 2 is 2.00 bits per heavy atom. The van der Waals surface area contributed by atoms with E-state index in [9.17, 15) is 9.90 Å². The Morgan fingerprint density at radius 1 is 1.30 bits per heavy atom. The number of aliphatic carboxylic acids is 1. The second kappa shape index (κ2) is 9.04. The first-order chi connectivity index (χ1) is 13.0. The molecule has 150 valence electrons. The van der Waals surface area contributed by atoms with Crippen molar-refractivity contribution in [2.75, 3.05) is 46.9 Å². The van der Waals surface area contributed by atoms with Crippen LogP contribution in [0.4, 0.5) is 0 Å². The van der Waals surface area contributed by atoms with Gasteiger partial charge in [0.2, 0.25) is 0 Å². The van der Waals surface area contributed by atoms with Crippen LogP contribution in [0.1, 0.15) is 31.2 Å². The first-order valence-electron chi connectivity index (χ1n) is 10.0. The molecule has 0 radical (unpaired) electrons. The summed E-state index contributed by atoms with van der Waals surface area (Å²) >= 11 is 0. The van der Waals surface area contributed by atoms with Gasteiger partial charge < -0.3 is 20.1 Å². The minimum absolute atomic E-state index is 0.170. The fraction of sp³-hybridized carbons (Fsp3) is 0.667. The van der Waals surface area contributed by atoms with Crippen molar-refractivity contribution < 1.29 is 14.6 Å². The van der Waals surface area contributed by atoms with Crippen LogP contribution in [-0.2, 0) is 11.3 Å². The predicted octanol–water partition coefficient (Wildman–Crippen LogP) is 2.05. The first kappa shape index (κ1) is 20.1. The number of nitrogens with one attached hydrogen (secondary N) is 1. The van der Waals surface area contributed by atoms with Crippen molar-refractivity contribution in [3.63, 3.8) is 0 Å². The molecule has 0 aliphatic carbocycles. The number of carboxylic acid groups (broad SMARTS) is 1. The molecule has 0 unspecified atom stereocenters. The van der Waals surface area contributed by atoms with Crippen molar-refractivity contribution in [1.82, 2.24) is 15.1 Å². The van der Waals surface area contributed by atoms with Gasteiger partial charge in [-0.15, -0.1) is 0 Å². The zero-order chi connectivity index (χ0) is 19.3. The van der Waals surface area contributed by atoms with E-state index in [4.69, 9.17) is 4.74 Å². The third kappa shape index (κ3) is 5.43. The Hall–Kier alpha value is -1.63. The summed E-state index contributed by atoms with van der Waals surface area (Å²) in [6.07, 6.45) is 3.93. The summed E-state index contributed by atoms with van der Waals surface area (Å²) in [5.74, 6) is 0.190. The smallest absolute Gasteiger partial charge is 0.320 e. The van der Waals surface area contributed by atoms with Gasteiger partial charge in [-0.2, -0.15) is 0 Å². The van der Waals surface area contributed by atoms with Crippen molar-refractivity contribution in [3.05, 3.63) is 29.8 Å². The van der Waals surface area contributed by atoms with Crippen LogP contribution in [0.2, 0.25) is 0 Å². The lowest BCUT2D eigenvalue weighted by Crippen LogP contribution is -2.38. The lowest BCUT2D eigenvalue weighted by atomic mass is 9.77. The van der Waals surface area contributed by atoms with Crippen molar-refractivity contribution in [2.24, 2.45) is 5.41 Å². The maximum absolute atomic E-state index is 11.8. The van der Waals surface area contributed by atoms with Crippen LogP contribution in [-0.4, -0.2) is 73.8 Å². The molecule has 2 N–H and O–H groups in total. The van der Waals surface area contributed by atoms with E-state index in [-0.39, 0.29) is 11.5 Å². The van der Waals surface area contributed by atoms with Crippen LogP contribution < -0.4 is 10.1 Å². The summed E-state index contributed by atoms with van der Waals surface area (Å²) in [5.41, 5.74) is 1.32. The number of rotatable bonds is 8. The number of benzene rings is 1. The molecule has 2 fully saturated rings. The van der Waals surface area contributed by atoms with Crippen LogP contribution in [0.25, 0.3) is 0 Å². The molecule has 0 saturated carbocycles. The lowest BCUT2D eigenvalue weighted by Gasteiger charge is -2.33. The fourth-order valence-corrected chi connectivity index (χ4v) is 4.37. The van der Waals surface area contributed by atoms with Gasteiger partial charge in [0.1, 0.15) is 11.8 Å². The molecule has 1 spiro atoms. The molecule has 2 heterocycles. The van der Waals surface area contributed by atoms with Gasteiger partial charge in [0, 0.05) is 19.6 Å². The SMILES string of the molecule is CN(C)CCCOc1ccc(CN2CC3(CCNCC3)C[C@H]2C(=O)O)cc1. The molecule has 1 atom stereocenters. The standard InChI is InChI=1S/C21H33N3O3/c1-23(2)12-3-13-27-18-6-4-17(5-7-18)15-24-16-21(8-10-22-11-9-21)14-19(24)20(25)26/h4-7,19,22H,3,8-16H2,1-2H3,(H,25,26)/t19-/m0/s1. The number of likely N-dealkylation sites (tertiary alicyclic amines) is 1. The van der Waals surface area contributed by atoms with E-state index in [1.165, 1.54) is 0 Å². The van der Waals surface area contributed by atoms with E-state index in [0.717, 1.165) is 63.2 Å². The average Bonchev–Trinajstić information content (AvgIpc) is 2.98. The van der Waals surface area contributed by atoms with Gasteiger partial charge in [-0.3, -0.25) is 9.69 Å². The van der Waals surface area contributed by atoms with E-state index in [1.54, 1.807) is 0 Å². The zero-order valence-corrected chi connectivity index (χ0v) is 16.6. The summed E-state index contributed by atoms with van der Waals surface area (Å²) in [5, 5.41) is 13.1. The molecule has 2 saturated heterocycles. The van der Waals surface area contributed by atoms with E-state index >= 15 is 0 Å². The number of carboxylic acids is 1. The zero-order valence-electron chi connectivity index (χ0n) is 16.6. The molecule has 6 heteroatoms. The fourth-order valence-electron chi connectivity index (χ4n) is 4.37. The molecule has 3 rings (SSSR count). The molecule has 2 aliphatic heterocycles. The molecular weight excluding hydrogens is 342 g/mol. The summed E-state index contributed by atoms with van der Waals surface area (Å²) in [6, 6.07) is 7.75. The summed E-state index contributed by atoms with van der Waals surface area (Å²) < 4.78 is 5.79. The molecule has 2 aliphatic rings. The molecule has 1 aromatic rings. The number of piperidine rings is 1. The molecule has 1 aromatic carbocycles. The molecule has 0 bridgehead atoms. The highest BCUT2D eigenvalue weighted by Gasteiger charge is 2.46. The van der Waals surface area contributed by atoms with Gasteiger partial charge >= 0.3 is 5.97 Å². The van der Waals surface area contributed by atoms with Crippen molar-refractivity contribution in [3.8, 4) is 5.75 Å². The largest absolute Gasteiger partial charge is 0.494 e. The summed E-state index contributed by atoms with van der Waals surface area (Å²) in [6.45, 7) is 5.30. The van der Waals surface area contributed by atoms with Gasteiger partial charge in [-0.1, -0.05) is 12.1 Å². The van der Waals surface area contributed by atoms with Crippen LogP contribution in [0.5, 0.6) is 5.75 Å². The molecule has 6 nitrogen and oxygen atoms in total. The Bertz CT molecular complexity index is 612. The van der Waals surface area contributed by atoms with Gasteiger partial charge in [-0.05, 0) is 76.0 Å². The average molecular weight is 376 g/mol. The molecule has 0 amide bonds. The Balaban J connectivity index is 1.56. The van der Waals surface area contributed by atoms with Crippen molar-refractivity contribution in [2.45, 2.75) is 38.3 Å². The van der Waals surface area contributed by atoms with Gasteiger partial charge in [0.25, 0.3) is 0 Å². The normalized spacial score (nSPS) is 22.4. The van der Waals surface area contributed by atoms with Crippen LogP contribution in [0.3, 0.4) is 0 Å². The van der Waals surface area contributed by atoms with Crippen molar-refractivity contribution >= 4 is 5.97 Å². The Labute approximate surface area is 162 Å². The Kier molecular flexibility index (Phi) is 6.73. The van der Waals surface area contributed by atoms with E-state index in [1.807, 2.05) is 12.1 Å². The quantitative estimate of drug-likeness (QED) is 0.678. The van der Waals surface area contributed by atoms with E-state index in [2.05, 4.69) is 41.3 Å². The van der Waals surface area contributed by atoms with Gasteiger partial charge in [0.15, 0.2) is 0 Å². The minimum atomic E-state index is -0.689. The Morgan fingerprint density at radius 3 is 2.63 bits per heavy atom. The maximum Gasteiger partial charge on any atom is 0.320 e. The number of ether oxygens (including phenoxy) is 1. The highest BCUT2D eigenvalue weighted by molar-refractivity contribution is 5.74. The highest BCUT2D eigenvalue weighted by Crippen LogP contribution is 2.42. The maximum atomic E-state index is 11.8. The number of hydrogen-bond acceptors (Lipinski definition) is 5. The van der Waals surface area contributed by atoms with Crippen LogP contribution in [0.15, 0.2) is 24.3 Å². The lowest BCUT2D eigenvalue weighted by molar-refractivity contribution is -0.142. The number of carbonyl (C=O) groups is 1. The predicted molar refractivity (Wildman–Crippen MR) is 106 cm³/mol.